The molecule has 0 atom stereocenters. The summed E-state index contributed by atoms with van der Waals surface area (Å²) in [5.74, 6) is 0.358. The van der Waals surface area contributed by atoms with Crippen LogP contribution in [0.3, 0.4) is 0 Å². The number of carbonyl (C=O) groups excluding carboxylic acids is 1. The molecule has 0 spiro atoms. The highest BCUT2D eigenvalue weighted by molar-refractivity contribution is 6.03. The quantitative estimate of drug-likeness (QED) is 0.742. The summed E-state index contributed by atoms with van der Waals surface area (Å²) in [4.78, 5) is 20.6. The molecule has 0 saturated heterocycles. The van der Waals surface area contributed by atoms with Gasteiger partial charge in [-0.2, -0.15) is 0 Å². The van der Waals surface area contributed by atoms with E-state index in [1.165, 1.54) is 11.9 Å². The van der Waals surface area contributed by atoms with Gasteiger partial charge in [-0.25, -0.2) is 9.97 Å². The largest absolute Gasteiger partial charge is 0.366 e. The van der Waals surface area contributed by atoms with Crippen molar-refractivity contribution >= 4 is 17.4 Å². The number of aromatic nitrogens is 2. The zero-order valence-corrected chi connectivity index (χ0v) is 14.3. The minimum atomic E-state index is -0.258. The Labute approximate surface area is 147 Å². The summed E-state index contributed by atoms with van der Waals surface area (Å²) in [6, 6.07) is 17.6. The van der Waals surface area contributed by atoms with Crippen LogP contribution < -0.4 is 10.6 Å². The fraction of sp³-hybridized carbons (Fsp3) is 0.150. The molecule has 3 aromatic rings. The van der Waals surface area contributed by atoms with E-state index in [9.17, 15) is 4.79 Å². The fourth-order valence-corrected chi connectivity index (χ4v) is 2.39. The van der Waals surface area contributed by atoms with Crippen LogP contribution in [0.15, 0.2) is 60.9 Å². The highest BCUT2D eigenvalue weighted by Crippen LogP contribution is 2.13. The number of carbonyl (C=O) groups is 1. The van der Waals surface area contributed by atoms with E-state index in [1.807, 2.05) is 31.2 Å². The lowest BCUT2D eigenvalue weighted by molar-refractivity contribution is 0.102. The van der Waals surface area contributed by atoms with E-state index in [2.05, 4.69) is 51.8 Å². The Bertz CT molecular complexity index is 875. The number of aryl methyl sites for hydroxylation is 2. The van der Waals surface area contributed by atoms with Crippen LogP contribution in [0.25, 0.3) is 0 Å². The molecule has 0 bridgehead atoms. The molecule has 2 aromatic carbocycles. The average Bonchev–Trinajstić information content (AvgIpc) is 2.61. The minimum absolute atomic E-state index is 0.258. The molecule has 1 amide bonds. The standard InChI is InChI=1S/C20H20N4O/c1-14-6-8-16(9-7-14)12-21-19-11-18(22-13-23-19)20(25)24-17-5-3-4-15(2)10-17/h3-11,13H,12H2,1-2H3,(H,24,25)(H,21,22,23). The maximum atomic E-state index is 12.4. The number of rotatable bonds is 5. The van der Waals surface area contributed by atoms with Crippen molar-refractivity contribution in [3.8, 4) is 0 Å². The molecule has 3 rings (SSSR count). The van der Waals surface area contributed by atoms with Gasteiger partial charge in [-0.3, -0.25) is 4.79 Å². The van der Waals surface area contributed by atoms with Crippen molar-refractivity contribution in [1.82, 2.24) is 9.97 Å². The molecule has 0 unspecified atom stereocenters. The van der Waals surface area contributed by atoms with Crippen LogP contribution in [0.2, 0.25) is 0 Å². The lowest BCUT2D eigenvalue weighted by Gasteiger charge is -2.08. The Morgan fingerprint density at radius 1 is 0.960 bits per heavy atom. The monoisotopic (exact) mass is 332 g/mol. The lowest BCUT2D eigenvalue weighted by Crippen LogP contribution is -2.14. The molecule has 25 heavy (non-hydrogen) atoms. The predicted octanol–water partition coefficient (Wildman–Crippen LogP) is 3.96. The molecular formula is C20H20N4O. The van der Waals surface area contributed by atoms with Crippen molar-refractivity contribution in [2.45, 2.75) is 20.4 Å². The number of anilines is 2. The van der Waals surface area contributed by atoms with E-state index < -0.39 is 0 Å². The summed E-state index contributed by atoms with van der Waals surface area (Å²) in [5.41, 5.74) is 4.53. The normalized spacial score (nSPS) is 10.3. The summed E-state index contributed by atoms with van der Waals surface area (Å²) >= 11 is 0. The number of nitrogens with zero attached hydrogens (tertiary/aromatic N) is 2. The van der Waals surface area contributed by atoms with E-state index >= 15 is 0 Å². The lowest BCUT2D eigenvalue weighted by atomic mass is 10.1. The first kappa shape index (κ1) is 16.6. The van der Waals surface area contributed by atoms with Crippen LogP contribution in [0.5, 0.6) is 0 Å². The predicted molar refractivity (Wildman–Crippen MR) is 99.7 cm³/mol. The van der Waals surface area contributed by atoms with Gasteiger partial charge in [-0.15, -0.1) is 0 Å². The molecule has 5 heteroatoms. The molecule has 0 aliphatic carbocycles. The second kappa shape index (κ2) is 7.57. The van der Waals surface area contributed by atoms with Gasteiger partial charge in [-0.05, 0) is 37.1 Å². The Morgan fingerprint density at radius 3 is 2.52 bits per heavy atom. The maximum Gasteiger partial charge on any atom is 0.274 e. The zero-order valence-electron chi connectivity index (χ0n) is 14.3. The van der Waals surface area contributed by atoms with Gasteiger partial charge >= 0.3 is 0 Å². The molecule has 0 aliphatic heterocycles. The van der Waals surface area contributed by atoms with Gasteiger partial charge in [0.1, 0.15) is 17.8 Å². The van der Waals surface area contributed by atoms with Crippen molar-refractivity contribution < 1.29 is 4.79 Å². The van der Waals surface area contributed by atoms with Crippen molar-refractivity contribution in [2.24, 2.45) is 0 Å². The number of nitrogens with one attached hydrogen (secondary N) is 2. The zero-order chi connectivity index (χ0) is 17.6. The molecule has 0 radical (unpaired) electrons. The third-order valence-corrected chi connectivity index (χ3v) is 3.77. The molecule has 1 aromatic heterocycles. The van der Waals surface area contributed by atoms with Crippen LogP contribution in [0, 0.1) is 13.8 Å². The second-order valence-electron chi connectivity index (χ2n) is 5.95. The minimum Gasteiger partial charge on any atom is -0.366 e. The van der Waals surface area contributed by atoms with Crippen LogP contribution in [-0.4, -0.2) is 15.9 Å². The van der Waals surface area contributed by atoms with Crippen molar-refractivity contribution in [2.75, 3.05) is 10.6 Å². The number of amides is 1. The topological polar surface area (TPSA) is 66.9 Å². The Hall–Kier alpha value is -3.21. The van der Waals surface area contributed by atoms with E-state index in [1.54, 1.807) is 6.07 Å². The van der Waals surface area contributed by atoms with Crippen molar-refractivity contribution in [3.05, 3.63) is 83.3 Å². The van der Waals surface area contributed by atoms with Gasteiger partial charge in [0.25, 0.3) is 5.91 Å². The highest BCUT2D eigenvalue weighted by Gasteiger charge is 2.09. The summed E-state index contributed by atoms with van der Waals surface area (Å²) in [7, 11) is 0. The SMILES string of the molecule is Cc1ccc(CNc2cc(C(=O)Nc3cccc(C)c3)ncn2)cc1. The summed E-state index contributed by atoms with van der Waals surface area (Å²) < 4.78 is 0. The van der Waals surface area contributed by atoms with Crippen LogP contribution in [0.4, 0.5) is 11.5 Å². The number of benzene rings is 2. The highest BCUT2D eigenvalue weighted by atomic mass is 16.1. The summed E-state index contributed by atoms with van der Waals surface area (Å²) in [5, 5.41) is 6.07. The van der Waals surface area contributed by atoms with Crippen LogP contribution in [-0.2, 0) is 6.54 Å². The first-order valence-corrected chi connectivity index (χ1v) is 8.09. The van der Waals surface area contributed by atoms with Gasteiger partial charge in [-0.1, -0.05) is 42.0 Å². The number of hydrogen-bond acceptors (Lipinski definition) is 4. The van der Waals surface area contributed by atoms with Crippen molar-refractivity contribution in [1.29, 1.82) is 0 Å². The van der Waals surface area contributed by atoms with E-state index in [0.717, 1.165) is 16.8 Å². The van der Waals surface area contributed by atoms with E-state index in [0.29, 0.717) is 18.1 Å². The van der Waals surface area contributed by atoms with E-state index in [-0.39, 0.29) is 5.91 Å². The van der Waals surface area contributed by atoms with Gasteiger partial charge in [0, 0.05) is 18.3 Å². The van der Waals surface area contributed by atoms with Gasteiger partial charge in [0.05, 0.1) is 0 Å². The maximum absolute atomic E-state index is 12.4. The van der Waals surface area contributed by atoms with E-state index in [4.69, 9.17) is 0 Å². The summed E-state index contributed by atoms with van der Waals surface area (Å²) in [6.07, 6.45) is 1.39. The van der Waals surface area contributed by atoms with Crippen LogP contribution in [0.1, 0.15) is 27.2 Å². The van der Waals surface area contributed by atoms with Gasteiger partial charge in [0.15, 0.2) is 0 Å². The molecule has 0 fully saturated rings. The van der Waals surface area contributed by atoms with Crippen molar-refractivity contribution in [3.63, 3.8) is 0 Å². The van der Waals surface area contributed by atoms with Crippen LogP contribution >= 0.6 is 0 Å². The van der Waals surface area contributed by atoms with Gasteiger partial charge in [0.2, 0.25) is 0 Å². The Balaban J connectivity index is 1.66. The molecular weight excluding hydrogens is 312 g/mol. The second-order valence-corrected chi connectivity index (χ2v) is 5.95. The molecule has 126 valence electrons. The Kier molecular flexibility index (Phi) is 5.04. The fourth-order valence-electron chi connectivity index (χ4n) is 2.39. The number of hydrogen-bond donors (Lipinski definition) is 2. The first-order chi connectivity index (χ1) is 12.1. The molecule has 0 aliphatic rings. The Morgan fingerprint density at radius 2 is 1.76 bits per heavy atom. The summed E-state index contributed by atoms with van der Waals surface area (Å²) in [6.45, 7) is 4.67. The molecule has 5 nitrogen and oxygen atoms in total. The smallest absolute Gasteiger partial charge is 0.274 e. The third kappa shape index (κ3) is 4.64. The molecule has 0 saturated carbocycles. The average molecular weight is 332 g/mol. The molecule has 1 heterocycles. The third-order valence-electron chi connectivity index (χ3n) is 3.77. The first-order valence-electron chi connectivity index (χ1n) is 8.09. The van der Waals surface area contributed by atoms with Gasteiger partial charge < -0.3 is 10.6 Å². The molecule has 2 N–H and O–H groups in total.